The standard InChI is InChI=1S/C41H27O5P/c42-25-41-37(33-20-18-27-10-2-4-12-29(27)22-33)24-31-14-6-8-16-35(31)39(41)38-34-15-7-5-13-30(34)23-36(40(38)45-47(43,44)46-41)32-19-17-26-9-1-3-11-28(26)21-32/h1-25,37H,(H,43,44)/t37?,41-/m1/s1. The van der Waals surface area contributed by atoms with Crippen molar-refractivity contribution < 1.29 is 23.3 Å². The molecule has 0 fully saturated rings. The van der Waals surface area contributed by atoms with Crippen molar-refractivity contribution in [2.75, 3.05) is 0 Å². The summed E-state index contributed by atoms with van der Waals surface area (Å²) in [6.45, 7) is 0. The number of hydrogen-bond donors (Lipinski definition) is 1. The van der Waals surface area contributed by atoms with Gasteiger partial charge < -0.3 is 4.52 Å². The maximum Gasteiger partial charge on any atom is 0.528 e. The zero-order valence-corrected chi connectivity index (χ0v) is 25.9. The van der Waals surface area contributed by atoms with Gasteiger partial charge in [-0.25, -0.2) is 4.57 Å². The zero-order chi connectivity index (χ0) is 31.8. The van der Waals surface area contributed by atoms with Crippen LogP contribution in [0.5, 0.6) is 5.75 Å². The fraction of sp³-hybridized carbons (Fsp3) is 0.0488. The van der Waals surface area contributed by atoms with E-state index < -0.39 is 19.3 Å². The molecule has 3 atom stereocenters. The van der Waals surface area contributed by atoms with E-state index in [-0.39, 0.29) is 5.75 Å². The molecular weight excluding hydrogens is 603 g/mol. The van der Waals surface area contributed by atoms with Gasteiger partial charge >= 0.3 is 7.82 Å². The van der Waals surface area contributed by atoms with Crippen molar-refractivity contribution in [1.82, 2.24) is 0 Å². The third-order valence-corrected chi connectivity index (χ3v) is 10.5. The van der Waals surface area contributed by atoms with Crippen molar-refractivity contribution in [3.8, 4) is 16.9 Å². The SMILES string of the molecule is O=C[C@]12OP(=O)(O)Oc3c(-c4ccc5ccccc5c4)cc4ccccc4c3C1=c1ccccc1=CC2c1ccc2ccccc2c1. The highest BCUT2D eigenvalue weighted by molar-refractivity contribution is 7.48. The number of phosphoric acid groups is 1. The summed E-state index contributed by atoms with van der Waals surface area (Å²) in [5, 5.41) is 7.44. The molecule has 47 heavy (non-hydrogen) atoms. The lowest BCUT2D eigenvalue weighted by atomic mass is 9.70. The van der Waals surface area contributed by atoms with Gasteiger partial charge in [-0.3, -0.25) is 14.2 Å². The lowest BCUT2D eigenvalue weighted by Crippen LogP contribution is -2.50. The topological polar surface area (TPSA) is 72.8 Å². The Kier molecular flexibility index (Phi) is 6.15. The van der Waals surface area contributed by atoms with Crippen molar-refractivity contribution in [2.24, 2.45) is 0 Å². The van der Waals surface area contributed by atoms with E-state index in [0.717, 1.165) is 53.9 Å². The van der Waals surface area contributed by atoms with Crippen LogP contribution in [0.25, 0.3) is 55.1 Å². The van der Waals surface area contributed by atoms with Crippen LogP contribution in [0.2, 0.25) is 0 Å². The predicted octanol–water partition coefficient (Wildman–Crippen LogP) is 8.04. The maximum atomic E-state index is 14.2. The van der Waals surface area contributed by atoms with Crippen molar-refractivity contribution in [2.45, 2.75) is 11.5 Å². The summed E-state index contributed by atoms with van der Waals surface area (Å²) in [7, 11) is -4.90. The molecule has 0 radical (unpaired) electrons. The Morgan fingerprint density at radius 2 is 1.32 bits per heavy atom. The second-order valence-corrected chi connectivity index (χ2v) is 13.5. The molecule has 0 aromatic heterocycles. The summed E-state index contributed by atoms with van der Waals surface area (Å²) in [6.07, 6.45) is 2.66. The summed E-state index contributed by atoms with van der Waals surface area (Å²) in [6, 6.07) is 45.7. The molecule has 0 saturated heterocycles. The van der Waals surface area contributed by atoms with Crippen LogP contribution in [-0.4, -0.2) is 16.8 Å². The Hall–Kier alpha value is -5.32. The number of phosphoric ester groups is 1. The van der Waals surface area contributed by atoms with E-state index in [1.807, 2.05) is 140 Å². The van der Waals surface area contributed by atoms with Gasteiger partial charge in [-0.2, -0.15) is 0 Å². The van der Waals surface area contributed by atoms with Crippen molar-refractivity contribution in [3.05, 3.63) is 161 Å². The summed E-state index contributed by atoms with van der Waals surface area (Å²) < 4.78 is 26.5. The highest BCUT2D eigenvalue weighted by atomic mass is 31.2. The molecule has 1 heterocycles. The van der Waals surface area contributed by atoms with Crippen molar-refractivity contribution >= 4 is 58.1 Å². The smallest absolute Gasteiger partial charge is 0.403 e. The fourth-order valence-corrected chi connectivity index (χ4v) is 8.53. The predicted molar refractivity (Wildman–Crippen MR) is 187 cm³/mol. The van der Waals surface area contributed by atoms with Gasteiger partial charge in [0, 0.05) is 22.6 Å². The minimum Gasteiger partial charge on any atom is -0.403 e. The highest BCUT2D eigenvalue weighted by Crippen LogP contribution is 2.61. The molecule has 6 heteroatoms. The first kappa shape index (κ1) is 27.9. The van der Waals surface area contributed by atoms with Crippen LogP contribution < -0.4 is 15.0 Å². The van der Waals surface area contributed by atoms with Crippen LogP contribution in [0.3, 0.4) is 0 Å². The molecule has 0 amide bonds. The van der Waals surface area contributed by atoms with E-state index in [1.54, 1.807) is 0 Å². The Morgan fingerprint density at radius 1 is 0.681 bits per heavy atom. The molecule has 1 aliphatic heterocycles. The van der Waals surface area contributed by atoms with Crippen LogP contribution >= 0.6 is 7.82 Å². The molecule has 0 bridgehead atoms. The second kappa shape index (κ2) is 10.3. The number of fused-ring (bicyclic) bond motifs is 8. The number of carbonyl (C=O) groups excluding carboxylic acids is 1. The summed E-state index contributed by atoms with van der Waals surface area (Å²) >= 11 is 0. The lowest BCUT2D eigenvalue weighted by Gasteiger charge is -2.38. The summed E-state index contributed by atoms with van der Waals surface area (Å²) in [4.78, 5) is 25.4. The van der Waals surface area contributed by atoms with Gasteiger partial charge in [0.15, 0.2) is 11.9 Å². The van der Waals surface area contributed by atoms with Crippen LogP contribution in [-0.2, 0) is 13.9 Å². The van der Waals surface area contributed by atoms with E-state index in [0.29, 0.717) is 23.0 Å². The Morgan fingerprint density at radius 3 is 2.09 bits per heavy atom. The second-order valence-electron chi connectivity index (χ2n) is 12.2. The molecule has 2 aliphatic rings. The Bertz CT molecular complexity index is 2630. The zero-order valence-electron chi connectivity index (χ0n) is 25.0. The Labute approximate surface area is 270 Å². The van der Waals surface area contributed by atoms with Gasteiger partial charge in [-0.05, 0) is 66.0 Å². The van der Waals surface area contributed by atoms with Crippen LogP contribution in [0, 0.1) is 0 Å². The molecule has 0 spiro atoms. The first-order valence-corrected chi connectivity index (χ1v) is 17.0. The number of hydrogen-bond acceptors (Lipinski definition) is 4. The summed E-state index contributed by atoms with van der Waals surface area (Å²) in [5.74, 6) is -0.537. The van der Waals surface area contributed by atoms with E-state index >= 15 is 0 Å². The van der Waals surface area contributed by atoms with Gasteiger partial charge in [-0.1, -0.05) is 133 Å². The first-order valence-electron chi connectivity index (χ1n) is 15.5. The average molecular weight is 631 g/mol. The van der Waals surface area contributed by atoms with E-state index in [1.165, 1.54) is 0 Å². The summed E-state index contributed by atoms with van der Waals surface area (Å²) in [5.41, 5.74) is 1.40. The molecular formula is C41H27O5P. The van der Waals surface area contributed by atoms with E-state index in [9.17, 15) is 14.3 Å². The highest BCUT2D eigenvalue weighted by Gasteiger charge is 2.54. The molecule has 2 unspecified atom stereocenters. The molecule has 1 aliphatic carbocycles. The molecule has 7 aromatic rings. The van der Waals surface area contributed by atoms with Gasteiger partial charge in [0.25, 0.3) is 0 Å². The molecule has 9 rings (SSSR count). The van der Waals surface area contributed by atoms with Gasteiger partial charge in [0.2, 0.25) is 0 Å². The quantitative estimate of drug-likeness (QED) is 0.158. The van der Waals surface area contributed by atoms with Gasteiger partial charge in [0.05, 0.1) is 0 Å². The number of aldehydes is 1. The molecule has 226 valence electrons. The van der Waals surface area contributed by atoms with Crippen LogP contribution in [0.4, 0.5) is 0 Å². The number of carbonyl (C=O) groups is 1. The maximum absolute atomic E-state index is 14.2. The lowest BCUT2D eigenvalue weighted by molar-refractivity contribution is -0.118. The Balaban J connectivity index is 1.43. The van der Waals surface area contributed by atoms with Gasteiger partial charge in [0.1, 0.15) is 5.75 Å². The first-order chi connectivity index (χ1) is 22.9. The van der Waals surface area contributed by atoms with Crippen LogP contribution in [0.15, 0.2) is 140 Å². The molecule has 7 aromatic carbocycles. The molecule has 0 saturated carbocycles. The average Bonchev–Trinajstić information content (AvgIpc) is 3.22. The minimum atomic E-state index is -4.90. The number of benzene rings is 7. The molecule has 5 nitrogen and oxygen atoms in total. The minimum absolute atomic E-state index is 0.206. The fourth-order valence-electron chi connectivity index (χ4n) is 7.44. The van der Waals surface area contributed by atoms with Crippen molar-refractivity contribution in [3.63, 3.8) is 0 Å². The van der Waals surface area contributed by atoms with Crippen LogP contribution in [0.1, 0.15) is 17.0 Å². The molecule has 1 N–H and O–H groups in total. The number of rotatable bonds is 3. The van der Waals surface area contributed by atoms with Gasteiger partial charge in [-0.15, -0.1) is 0 Å². The monoisotopic (exact) mass is 630 g/mol. The third kappa shape index (κ3) is 4.32. The van der Waals surface area contributed by atoms with Crippen molar-refractivity contribution in [1.29, 1.82) is 0 Å². The van der Waals surface area contributed by atoms with E-state index in [2.05, 4.69) is 6.07 Å². The van der Waals surface area contributed by atoms with E-state index in [4.69, 9.17) is 9.05 Å². The third-order valence-electron chi connectivity index (χ3n) is 9.52. The normalized spacial score (nSPS) is 21.6. The largest absolute Gasteiger partial charge is 0.528 e.